The van der Waals surface area contributed by atoms with E-state index < -0.39 is 5.97 Å². The minimum absolute atomic E-state index is 0.151. The number of carbonyl (C=O) groups is 3. The Morgan fingerprint density at radius 3 is 2.81 bits per heavy atom. The molecule has 2 aromatic rings. The zero-order chi connectivity index (χ0) is 18.5. The van der Waals surface area contributed by atoms with Crippen molar-refractivity contribution in [2.24, 2.45) is 0 Å². The lowest BCUT2D eigenvalue weighted by atomic mass is 10.2. The van der Waals surface area contributed by atoms with E-state index in [9.17, 15) is 14.4 Å². The normalized spacial score (nSPS) is 13.3. The van der Waals surface area contributed by atoms with Gasteiger partial charge in [0.05, 0.1) is 31.4 Å². The number of esters is 1. The van der Waals surface area contributed by atoms with Gasteiger partial charge < -0.3 is 14.8 Å². The molecule has 0 spiro atoms. The van der Waals surface area contributed by atoms with Gasteiger partial charge in [-0.3, -0.25) is 14.5 Å². The Balaban J connectivity index is 1.75. The van der Waals surface area contributed by atoms with Crippen molar-refractivity contribution in [1.82, 2.24) is 0 Å². The van der Waals surface area contributed by atoms with Gasteiger partial charge >= 0.3 is 5.97 Å². The minimum Gasteiger partial charge on any atom is -0.491 e. The largest absolute Gasteiger partial charge is 0.491 e. The summed E-state index contributed by atoms with van der Waals surface area (Å²) in [6, 6.07) is 13.5. The van der Waals surface area contributed by atoms with Crippen molar-refractivity contribution in [3.8, 4) is 5.75 Å². The van der Waals surface area contributed by atoms with Gasteiger partial charge in [0.1, 0.15) is 12.3 Å². The van der Waals surface area contributed by atoms with E-state index in [2.05, 4.69) is 10.1 Å². The maximum atomic E-state index is 12.4. The number of hydrogen-bond donors (Lipinski definition) is 1. The van der Waals surface area contributed by atoms with Crippen LogP contribution >= 0.6 is 0 Å². The molecule has 2 aromatic carbocycles. The molecule has 0 unspecified atom stereocenters. The smallest absolute Gasteiger partial charge is 0.337 e. The first-order chi connectivity index (χ1) is 12.6. The highest BCUT2D eigenvalue weighted by atomic mass is 16.5. The molecule has 0 radical (unpaired) electrons. The molecule has 134 valence electrons. The van der Waals surface area contributed by atoms with Crippen LogP contribution in [0.25, 0.3) is 0 Å². The number of amides is 2. The number of nitrogens with one attached hydrogen (secondary N) is 1. The van der Waals surface area contributed by atoms with E-state index in [4.69, 9.17) is 4.74 Å². The number of anilines is 2. The molecular formula is C19H18N2O5. The standard InChI is InChI=1S/C19H18N2O5/c1-25-19(24)13-5-4-6-14(11-13)20-17(22)12-21-15-7-2-3-8-16(15)26-10-9-18(21)23/h2-8,11H,9-10,12H2,1H3,(H,20,22). The SMILES string of the molecule is COC(=O)c1cccc(NC(=O)CN2C(=O)CCOc3ccccc32)c1. The van der Waals surface area contributed by atoms with E-state index in [0.29, 0.717) is 22.7 Å². The molecule has 0 saturated heterocycles. The van der Waals surface area contributed by atoms with Gasteiger partial charge in [-0.1, -0.05) is 18.2 Å². The highest BCUT2D eigenvalue weighted by molar-refractivity contribution is 6.04. The Kier molecular flexibility index (Phi) is 5.17. The van der Waals surface area contributed by atoms with E-state index in [1.54, 1.807) is 36.4 Å². The summed E-state index contributed by atoms with van der Waals surface area (Å²) in [7, 11) is 1.29. The highest BCUT2D eigenvalue weighted by Crippen LogP contribution is 2.30. The van der Waals surface area contributed by atoms with Crippen LogP contribution in [0.2, 0.25) is 0 Å². The zero-order valence-corrected chi connectivity index (χ0v) is 14.2. The molecule has 0 saturated carbocycles. The summed E-state index contributed by atoms with van der Waals surface area (Å²) in [6.07, 6.45) is 0.194. The van der Waals surface area contributed by atoms with Crippen LogP contribution in [-0.2, 0) is 14.3 Å². The van der Waals surface area contributed by atoms with Crippen molar-refractivity contribution in [2.45, 2.75) is 6.42 Å². The fourth-order valence-corrected chi connectivity index (χ4v) is 2.68. The molecule has 2 amide bonds. The van der Waals surface area contributed by atoms with Gasteiger partial charge in [-0.25, -0.2) is 4.79 Å². The van der Waals surface area contributed by atoms with Gasteiger partial charge in [0.25, 0.3) is 0 Å². The predicted molar refractivity (Wildman–Crippen MR) is 95.3 cm³/mol. The average Bonchev–Trinajstić information content (AvgIpc) is 2.80. The lowest BCUT2D eigenvalue weighted by Crippen LogP contribution is -2.37. The number of methoxy groups -OCH3 is 1. The molecule has 1 heterocycles. The van der Waals surface area contributed by atoms with Crippen LogP contribution in [0, 0.1) is 0 Å². The number of benzene rings is 2. The maximum absolute atomic E-state index is 12.4. The number of para-hydroxylation sites is 2. The molecule has 0 fully saturated rings. The van der Waals surface area contributed by atoms with Gasteiger partial charge in [0, 0.05) is 5.69 Å². The van der Waals surface area contributed by atoms with Crippen LogP contribution < -0.4 is 15.0 Å². The number of hydrogen-bond acceptors (Lipinski definition) is 5. The Labute approximate surface area is 150 Å². The monoisotopic (exact) mass is 354 g/mol. The van der Waals surface area contributed by atoms with Crippen LogP contribution in [0.3, 0.4) is 0 Å². The Morgan fingerprint density at radius 1 is 1.19 bits per heavy atom. The molecule has 3 rings (SSSR count). The van der Waals surface area contributed by atoms with Crippen LogP contribution in [0.15, 0.2) is 48.5 Å². The van der Waals surface area contributed by atoms with Gasteiger partial charge in [-0.05, 0) is 30.3 Å². The third-order valence-corrected chi connectivity index (χ3v) is 3.90. The van der Waals surface area contributed by atoms with Crippen LogP contribution in [0.5, 0.6) is 5.75 Å². The molecule has 1 N–H and O–H groups in total. The van der Waals surface area contributed by atoms with Crippen molar-refractivity contribution in [3.63, 3.8) is 0 Å². The maximum Gasteiger partial charge on any atom is 0.337 e. The van der Waals surface area contributed by atoms with E-state index in [0.717, 1.165) is 0 Å². The molecule has 0 atom stereocenters. The second kappa shape index (κ2) is 7.69. The summed E-state index contributed by atoms with van der Waals surface area (Å²) >= 11 is 0. The summed E-state index contributed by atoms with van der Waals surface area (Å²) < 4.78 is 10.2. The third-order valence-electron chi connectivity index (χ3n) is 3.90. The van der Waals surface area contributed by atoms with Crippen LogP contribution in [0.4, 0.5) is 11.4 Å². The molecule has 0 bridgehead atoms. The Morgan fingerprint density at radius 2 is 2.00 bits per heavy atom. The first kappa shape index (κ1) is 17.5. The third kappa shape index (κ3) is 3.83. The van der Waals surface area contributed by atoms with Crippen LogP contribution in [-0.4, -0.2) is 38.0 Å². The molecular weight excluding hydrogens is 336 g/mol. The average molecular weight is 354 g/mol. The first-order valence-electron chi connectivity index (χ1n) is 8.09. The second-order valence-corrected chi connectivity index (χ2v) is 5.67. The summed E-state index contributed by atoms with van der Waals surface area (Å²) in [5, 5.41) is 2.70. The van der Waals surface area contributed by atoms with Crippen molar-refractivity contribution in [1.29, 1.82) is 0 Å². The molecule has 7 nitrogen and oxygen atoms in total. The summed E-state index contributed by atoms with van der Waals surface area (Å²) in [6.45, 7) is 0.122. The summed E-state index contributed by atoms with van der Waals surface area (Å²) in [5.74, 6) is -0.487. The summed E-state index contributed by atoms with van der Waals surface area (Å²) in [5.41, 5.74) is 1.34. The second-order valence-electron chi connectivity index (χ2n) is 5.67. The lowest BCUT2D eigenvalue weighted by molar-refractivity contribution is -0.121. The fraction of sp³-hybridized carbons (Fsp3) is 0.211. The number of fused-ring (bicyclic) bond motifs is 1. The van der Waals surface area contributed by atoms with Crippen molar-refractivity contribution < 1.29 is 23.9 Å². The minimum atomic E-state index is -0.491. The first-order valence-corrected chi connectivity index (χ1v) is 8.09. The van der Waals surface area contributed by atoms with E-state index >= 15 is 0 Å². The van der Waals surface area contributed by atoms with E-state index in [-0.39, 0.29) is 31.4 Å². The molecule has 7 heteroatoms. The molecule has 0 aliphatic carbocycles. The van der Waals surface area contributed by atoms with Crippen molar-refractivity contribution in [2.75, 3.05) is 30.5 Å². The molecule has 0 aromatic heterocycles. The molecule has 1 aliphatic rings. The number of nitrogens with zero attached hydrogens (tertiary/aromatic N) is 1. The predicted octanol–water partition coefficient (Wildman–Crippen LogP) is 2.23. The topological polar surface area (TPSA) is 84.9 Å². The quantitative estimate of drug-likeness (QED) is 0.851. The van der Waals surface area contributed by atoms with Crippen LogP contribution in [0.1, 0.15) is 16.8 Å². The van der Waals surface area contributed by atoms with Crippen molar-refractivity contribution >= 4 is 29.2 Å². The van der Waals surface area contributed by atoms with E-state index in [1.807, 2.05) is 6.07 Å². The van der Waals surface area contributed by atoms with Gasteiger partial charge in [-0.2, -0.15) is 0 Å². The highest BCUT2D eigenvalue weighted by Gasteiger charge is 2.25. The van der Waals surface area contributed by atoms with Gasteiger partial charge in [-0.15, -0.1) is 0 Å². The Hall–Kier alpha value is -3.35. The van der Waals surface area contributed by atoms with E-state index in [1.165, 1.54) is 18.1 Å². The van der Waals surface area contributed by atoms with Gasteiger partial charge in [0.15, 0.2) is 0 Å². The number of ether oxygens (including phenoxy) is 2. The molecule has 1 aliphatic heterocycles. The lowest BCUT2D eigenvalue weighted by Gasteiger charge is -2.21. The Bertz CT molecular complexity index is 849. The van der Waals surface area contributed by atoms with Gasteiger partial charge in [0.2, 0.25) is 11.8 Å². The number of carbonyl (C=O) groups excluding carboxylic acids is 3. The number of rotatable bonds is 4. The van der Waals surface area contributed by atoms with Crippen molar-refractivity contribution in [3.05, 3.63) is 54.1 Å². The summed E-state index contributed by atoms with van der Waals surface area (Å²) in [4.78, 5) is 37.8. The fourth-order valence-electron chi connectivity index (χ4n) is 2.68. The zero-order valence-electron chi connectivity index (χ0n) is 14.2. The molecule has 26 heavy (non-hydrogen) atoms.